The molecule has 0 amide bonds. The van der Waals surface area contributed by atoms with E-state index < -0.39 is 5.60 Å². The van der Waals surface area contributed by atoms with Crippen molar-refractivity contribution in [2.75, 3.05) is 6.61 Å². The fraction of sp³-hybridized carbons (Fsp3) is 0.476. The smallest absolute Gasteiger partial charge is 0.148 e. The molecule has 2 aliphatic heterocycles. The summed E-state index contributed by atoms with van der Waals surface area (Å²) >= 11 is 0. The molecule has 5 nitrogen and oxygen atoms in total. The molecule has 2 saturated heterocycles. The van der Waals surface area contributed by atoms with E-state index in [1.165, 1.54) is 5.56 Å². The van der Waals surface area contributed by atoms with E-state index in [2.05, 4.69) is 27.9 Å². The normalized spacial score (nSPS) is 28.0. The number of benzene rings is 1. The minimum absolute atomic E-state index is 0.293. The second-order valence-electron chi connectivity index (χ2n) is 7.50. The average Bonchev–Trinajstić information content (AvgIpc) is 3.17. The number of imidazole rings is 1. The molecule has 0 saturated carbocycles. The van der Waals surface area contributed by atoms with Crippen molar-refractivity contribution in [3.05, 3.63) is 48.0 Å². The van der Waals surface area contributed by atoms with Gasteiger partial charge in [-0.3, -0.25) is 4.90 Å². The van der Waals surface area contributed by atoms with Gasteiger partial charge < -0.3 is 14.4 Å². The van der Waals surface area contributed by atoms with Crippen molar-refractivity contribution in [3.8, 4) is 18.1 Å². The van der Waals surface area contributed by atoms with E-state index in [0.717, 1.165) is 43.8 Å². The molecule has 0 radical (unpaired) electrons. The summed E-state index contributed by atoms with van der Waals surface area (Å²) < 4.78 is 7.39. The summed E-state index contributed by atoms with van der Waals surface area (Å²) in [7, 11) is 1.96. The standard InChI is InChI=1S/C21H25N3O2/c1-3-12-26-19-8-4-16(5-9-19)15-24-17-6-7-18(24)14-21(25,13-17)20-22-10-11-23(20)2/h1,4-5,8-11,17-18,25H,6-7,12-15H2,2H3. The molecule has 2 bridgehead atoms. The zero-order chi connectivity index (χ0) is 18.1. The van der Waals surface area contributed by atoms with Crippen molar-refractivity contribution >= 4 is 0 Å². The predicted octanol–water partition coefficient (Wildman–Crippen LogP) is 2.45. The highest BCUT2D eigenvalue weighted by Gasteiger charge is 2.49. The summed E-state index contributed by atoms with van der Waals surface area (Å²) in [5.74, 6) is 4.08. The fourth-order valence-electron chi connectivity index (χ4n) is 4.60. The highest BCUT2D eigenvalue weighted by molar-refractivity contribution is 5.28. The van der Waals surface area contributed by atoms with Gasteiger partial charge in [-0.25, -0.2) is 4.98 Å². The Morgan fingerprint density at radius 2 is 1.96 bits per heavy atom. The van der Waals surface area contributed by atoms with Crippen molar-refractivity contribution in [2.24, 2.45) is 7.05 Å². The lowest BCUT2D eigenvalue weighted by Gasteiger charge is -2.43. The van der Waals surface area contributed by atoms with Crippen LogP contribution in [0.2, 0.25) is 0 Å². The third-order valence-electron chi connectivity index (χ3n) is 5.77. The molecule has 5 heteroatoms. The zero-order valence-electron chi connectivity index (χ0n) is 15.1. The second-order valence-corrected chi connectivity index (χ2v) is 7.50. The number of ether oxygens (including phenoxy) is 1. The maximum atomic E-state index is 11.3. The molecular formula is C21H25N3O2. The Bertz CT molecular complexity index is 791. The van der Waals surface area contributed by atoms with Gasteiger partial charge in [0.15, 0.2) is 0 Å². The molecule has 0 aliphatic carbocycles. The quantitative estimate of drug-likeness (QED) is 0.841. The largest absolute Gasteiger partial charge is 0.481 e. The maximum Gasteiger partial charge on any atom is 0.148 e. The average molecular weight is 351 g/mol. The van der Waals surface area contributed by atoms with Crippen LogP contribution < -0.4 is 4.74 Å². The molecule has 1 aromatic heterocycles. The van der Waals surface area contributed by atoms with Crippen LogP contribution in [0.5, 0.6) is 5.75 Å². The summed E-state index contributed by atoms with van der Waals surface area (Å²) in [5, 5.41) is 11.3. The van der Waals surface area contributed by atoms with Gasteiger partial charge in [-0.2, -0.15) is 0 Å². The lowest BCUT2D eigenvalue weighted by Crippen LogP contribution is -2.50. The Balaban J connectivity index is 1.46. The van der Waals surface area contributed by atoms with Gasteiger partial charge in [0.25, 0.3) is 0 Å². The molecule has 3 heterocycles. The lowest BCUT2D eigenvalue weighted by atomic mass is 9.85. The Kier molecular flexibility index (Phi) is 4.47. The van der Waals surface area contributed by atoms with Crippen LogP contribution >= 0.6 is 0 Å². The fourth-order valence-corrected chi connectivity index (χ4v) is 4.60. The Hall–Kier alpha value is -2.29. The van der Waals surface area contributed by atoms with Gasteiger partial charge in [0.1, 0.15) is 23.8 Å². The van der Waals surface area contributed by atoms with Crippen LogP contribution in [-0.4, -0.2) is 38.2 Å². The molecule has 26 heavy (non-hydrogen) atoms. The molecular weight excluding hydrogens is 326 g/mol. The van der Waals surface area contributed by atoms with E-state index in [-0.39, 0.29) is 0 Å². The molecule has 2 aromatic rings. The van der Waals surface area contributed by atoms with Crippen LogP contribution in [0, 0.1) is 12.3 Å². The first kappa shape index (κ1) is 17.1. The minimum atomic E-state index is -0.812. The topological polar surface area (TPSA) is 50.5 Å². The summed E-state index contributed by atoms with van der Waals surface area (Å²) in [4.78, 5) is 6.97. The Morgan fingerprint density at radius 3 is 2.54 bits per heavy atom. The van der Waals surface area contributed by atoms with E-state index in [9.17, 15) is 5.11 Å². The van der Waals surface area contributed by atoms with Gasteiger partial charge >= 0.3 is 0 Å². The molecule has 4 rings (SSSR count). The second kappa shape index (κ2) is 6.79. The highest BCUT2D eigenvalue weighted by atomic mass is 16.5. The van der Waals surface area contributed by atoms with E-state index >= 15 is 0 Å². The first-order chi connectivity index (χ1) is 12.6. The third kappa shape index (κ3) is 3.11. The predicted molar refractivity (Wildman–Crippen MR) is 99.5 cm³/mol. The molecule has 136 valence electrons. The molecule has 1 N–H and O–H groups in total. The Labute approximate surface area is 154 Å². The van der Waals surface area contributed by atoms with Crippen LogP contribution in [0.25, 0.3) is 0 Å². The summed E-state index contributed by atoms with van der Waals surface area (Å²) in [6.45, 7) is 1.20. The van der Waals surface area contributed by atoms with Crippen molar-refractivity contribution < 1.29 is 9.84 Å². The maximum absolute atomic E-state index is 11.3. The highest BCUT2D eigenvalue weighted by Crippen LogP contribution is 2.45. The van der Waals surface area contributed by atoms with Crippen LogP contribution in [0.3, 0.4) is 0 Å². The molecule has 1 aromatic carbocycles. The van der Waals surface area contributed by atoms with Gasteiger partial charge in [0, 0.05) is 38.1 Å². The van der Waals surface area contributed by atoms with E-state index in [1.807, 2.05) is 29.9 Å². The van der Waals surface area contributed by atoms with Gasteiger partial charge in [0.05, 0.1) is 0 Å². The molecule has 2 unspecified atom stereocenters. The number of fused-ring (bicyclic) bond motifs is 2. The number of rotatable bonds is 5. The molecule has 2 aliphatic rings. The van der Waals surface area contributed by atoms with E-state index in [1.54, 1.807) is 6.20 Å². The van der Waals surface area contributed by atoms with Crippen molar-refractivity contribution in [3.63, 3.8) is 0 Å². The van der Waals surface area contributed by atoms with Crippen molar-refractivity contribution in [2.45, 2.75) is 49.9 Å². The SMILES string of the molecule is C#CCOc1ccc(CN2C3CCC2CC(O)(c2nccn2C)C3)cc1. The lowest BCUT2D eigenvalue weighted by molar-refractivity contribution is -0.0669. The number of terminal acetylenes is 1. The van der Waals surface area contributed by atoms with Gasteiger partial charge in [-0.05, 0) is 43.4 Å². The van der Waals surface area contributed by atoms with Crippen LogP contribution in [0.4, 0.5) is 0 Å². The number of aryl methyl sites for hydroxylation is 1. The number of aromatic nitrogens is 2. The van der Waals surface area contributed by atoms with Crippen molar-refractivity contribution in [1.29, 1.82) is 0 Å². The molecule has 0 spiro atoms. The molecule has 2 atom stereocenters. The number of nitrogens with zero attached hydrogens (tertiary/aromatic N) is 3. The van der Waals surface area contributed by atoms with Gasteiger partial charge in [-0.15, -0.1) is 6.42 Å². The summed E-state index contributed by atoms with van der Waals surface area (Å²) in [6, 6.07) is 8.95. The number of hydrogen-bond acceptors (Lipinski definition) is 4. The number of piperidine rings is 1. The van der Waals surface area contributed by atoms with Crippen molar-refractivity contribution in [1.82, 2.24) is 14.5 Å². The Morgan fingerprint density at radius 1 is 1.27 bits per heavy atom. The number of hydrogen-bond donors (Lipinski definition) is 1. The zero-order valence-corrected chi connectivity index (χ0v) is 15.1. The first-order valence-corrected chi connectivity index (χ1v) is 9.20. The van der Waals surface area contributed by atoms with Gasteiger partial charge in [-0.1, -0.05) is 18.1 Å². The summed E-state index contributed by atoms with van der Waals surface area (Å²) in [6.07, 6.45) is 12.7. The van der Waals surface area contributed by atoms with Crippen LogP contribution in [-0.2, 0) is 19.2 Å². The minimum Gasteiger partial charge on any atom is -0.481 e. The monoisotopic (exact) mass is 351 g/mol. The third-order valence-corrected chi connectivity index (χ3v) is 5.77. The van der Waals surface area contributed by atoms with E-state index in [0.29, 0.717) is 18.7 Å². The van der Waals surface area contributed by atoms with E-state index in [4.69, 9.17) is 11.2 Å². The van der Waals surface area contributed by atoms with Crippen LogP contribution in [0.15, 0.2) is 36.7 Å². The first-order valence-electron chi connectivity index (χ1n) is 9.20. The molecule has 2 fully saturated rings. The summed E-state index contributed by atoms with van der Waals surface area (Å²) in [5.41, 5.74) is 0.449. The van der Waals surface area contributed by atoms with Gasteiger partial charge in [0.2, 0.25) is 0 Å². The van der Waals surface area contributed by atoms with Crippen LogP contribution in [0.1, 0.15) is 37.1 Å². The number of aliphatic hydroxyl groups is 1.